The lowest BCUT2D eigenvalue weighted by molar-refractivity contribution is 0.467. The van der Waals surface area contributed by atoms with Gasteiger partial charge in [-0.15, -0.1) is 0 Å². The molecule has 29 heavy (non-hydrogen) atoms. The Balaban J connectivity index is 1.66. The fourth-order valence-corrected chi connectivity index (χ4v) is 6.57. The van der Waals surface area contributed by atoms with Crippen molar-refractivity contribution in [3.05, 3.63) is 66.4 Å². The van der Waals surface area contributed by atoms with Crippen molar-refractivity contribution in [2.75, 3.05) is 4.31 Å². The predicted octanol–water partition coefficient (Wildman–Crippen LogP) is 4.81. The van der Waals surface area contributed by atoms with Crippen molar-refractivity contribution < 1.29 is 8.42 Å². The molecule has 1 aliphatic heterocycles. The number of para-hydroxylation sites is 1. The molecule has 1 fully saturated rings. The minimum Gasteiger partial charge on any atom is -0.268 e. The number of sulfonamides is 1. The fraction of sp³-hybridized carbons (Fsp3) is 0.348. The summed E-state index contributed by atoms with van der Waals surface area (Å²) in [5, 5.41) is 4.79. The number of hydrogen-bond donors (Lipinski definition) is 0. The van der Waals surface area contributed by atoms with Crippen molar-refractivity contribution >= 4 is 15.7 Å². The van der Waals surface area contributed by atoms with Gasteiger partial charge in [-0.2, -0.15) is 5.10 Å². The second kappa shape index (κ2) is 7.02. The molecule has 0 saturated heterocycles. The van der Waals surface area contributed by atoms with Crippen molar-refractivity contribution in [2.24, 2.45) is 0 Å². The topological polar surface area (TPSA) is 55.2 Å². The number of nitrogens with zero attached hydrogens (tertiary/aromatic N) is 3. The Hall–Kier alpha value is -2.60. The van der Waals surface area contributed by atoms with Crippen LogP contribution in [0.25, 0.3) is 11.3 Å². The van der Waals surface area contributed by atoms with Crippen LogP contribution >= 0.6 is 0 Å². The Morgan fingerprint density at radius 3 is 2.41 bits per heavy atom. The van der Waals surface area contributed by atoms with Gasteiger partial charge in [0.1, 0.15) is 10.6 Å². The maximum atomic E-state index is 13.9. The van der Waals surface area contributed by atoms with Crippen molar-refractivity contribution in [1.82, 2.24) is 9.78 Å². The number of anilines is 1. The van der Waals surface area contributed by atoms with Gasteiger partial charge in [0.25, 0.3) is 10.0 Å². The molecule has 6 heteroatoms. The highest BCUT2D eigenvalue weighted by atomic mass is 32.2. The second-order valence-corrected chi connectivity index (χ2v) is 9.89. The summed E-state index contributed by atoms with van der Waals surface area (Å²) in [6.07, 6.45) is 6.94. The van der Waals surface area contributed by atoms with E-state index in [4.69, 9.17) is 5.10 Å². The average molecular weight is 408 g/mol. The molecule has 0 radical (unpaired) electrons. The zero-order valence-electron chi connectivity index (χ0n) is 16.5. The second-order valence-electron chi connectivity index (χ2n) is 8.11. The predicted molar refractivity (Wildman–Crippen MR) is 114 cm³/mol. The standard InChI is InChI=1S/C23H25N3O2S/c1-17-15-19-11-5-8-14-21(19)26(17)29(27,28)22-16-25(20-12-6-7-13-20)24-23(22)18-9-3-2-4-10-18/h2-5,8-11,14,16-17,20H,6-7,12-13,15H2,1H3. The van der Waals surface area contributed by atoms with E-state index in [-0.39, 0.29) is 12.1 Å². The van der Waals surface area contributed by atoms with Crippen LogP contribution in [0.5, 0.6) is 0 Å². The van der Waals surface area contributed by atoms with Crippen LogP contribution in [0.15, 0.2) is 65.7 Å². The summed E-state index contributed by atoms with van der Waals surface area (Å²) >= 11 is 0. The molecule has 0 N–H and O–H groups in total. The van der Waals surface area contributed by atoms with E-state index in [2.05, 4.69) is 0 Å². The molecular formula is C23H25N3O2S. The van der Waals surface area contributed by atoms with E-state index < -0.39 is 10.0 Å². The molecule has 5 rings (SSSR count). The molecule has 1 unspecified atom stereocenters. The maximum absolute atomic E-state index is 13.9. The van der Waals surface area contributed by atoms with Gasteiger partial charge in [0, 0.05) is 17.8 Å². The Morgan fingerprint density at radius 1 is 0.966 bits per heavy atom. The first-order valence-electron chi connectivity index (χ1n) is 10.3. The Morgan fingerprint density at radius 2 is 1.66 bits per heavy atom. The van der Waals surface area contributed by atoms with E-state index in [9.17, 15) is 8.42 Å². The fourth-order valence-electron chi connectivity index (χ4n) is 4.72. The zero-order chi connectivity index (χ0) is 20.0. The molecule has 1 saturated carbocycles. The molecule has 1 aliphatic carbocycles. The molecule has 0 spiro atoms. The Bertz CT molecular complexity index is 1130. The van der Waals surface area contributed by atoms with Crippen LogP contribution in [0, 0.1) is 0 Å². The van der Waals surface area contributed by atoms with E-state index in [0.717, 1.165) is 36.1 Å². The number of benzene rings is 2. The third-order valence-corrected chi connectivity index (χ3v) is 8.06. The lowest BCUT2D eigenvalue weighted by Crippen LogP contribution is -2.35. The summed E-state index contributed by atoms with van der Waals surface area (Å²) in [5.41, 5.74) is 3.25. The Labute approximate surface area is 172 Å². The van der Waals surface area contributed by atoms with E-state index in [1.807, 2.05) is 66.2 Å². The van der Waals surface area contributed by atoms with Crippen LogP contribution in [0.3, 0.4) is 0 Å². The minimum atomic E-state index is -3.74. The highest BCUT2D eigenvalue weighted by Crippen LogP contribution is 2.40. The molecule has 2 aromatic carbocycles. The van der Waals surface area contributed by atoms with Crippen LogP contribution in [-0.4, -0.2) is 24.2 Å². The molecule has 2 heterocycles. The van der Waals surface area contributed by atoms with Gasteiger partial charge in [-0.1, -0.05) is 61.4 Å². The monoisotopic (exact) mass is 407 g/mol. The van der Waals surface area contributed by atoms with Gasteiger partial charge in [0.15, 0.2) is 0 Å². The Kier molecular flexibility index (Phi) is 4.46. The van der Waals surface area contributed by atoms with Crippen LogP contribution in [0.1, 0.15) is 44.2 Å². The van der Waals surface area contributed by atoms with E-state index >= 15 is 0 Å². The van der Waals surface area contributed by atoms with Gasteiger partial charge in [0.2, 0.25) is 0 Å². The van der Waals surface area contributed by atoms with Crippen LogP contribution in [-0.2, 0) is 16.4 Å². The molecule has 2 aliphatic rings. The quantitative estimate of drug-likeness (QED) is 0.624. The third kappa shape index (κ3) is 3.06. The van der Waals surface area contributed by atoms with Gasteiger partial charge < -0.3 is 0 Å². The van der Waals surface area contributed by atoms with Crippen molar-refractivity contribution in [1.29, 1.82) is 0 Å². The van der Waals surface area contributed by atoms with E-state index in [1.54, 1.807) is 10.5 Å². The molecular weight excluding hydrogens is 382 g/mol. The van der Waals surface area contributed by atoms with Crippen molar-refractivity contribution in [3.63, 3.8) is 0 Å². The zero-order valence-corrected chi connectivity index (χ0v) is 17.3. The molecule has 1 aromatic heterocycles. The van der Waals surface area contributed by atoms with Crippen molar-refractivity contribution in [3.8, 4) is 11.3 Å². The smallest absolute Gasteiger partial charge is 0.268 e. The molecule has 3 aromatic rings. The van der Waals surface area contributed by atoms with Crippen LogP contribution < -0.4 is 4.31 Å². The van der Waals surface area contributed by atoms with E-state index in [1.165, 1.54) is 12.8 Å². The lowest BCUT2D eigenvalue weighted by Gasteiger charge is -2.24. The number of hydrogen-bond acceptors (Lipinski definition) is 3. The summed E-state index contributed by atoms with van der Waals surface area (Å²) in [7, 11) is -3.74. The molecule has 0 bridgehead atoms. The number of fused-ring (bicyclic) bond motifs is 1. The molecule has 1 atom stereocenters. The van der Waals surface area contributed by atoms with Crippen LogP contribution in [0.4, 0.5) is 5.69 Å². The average Bonchev–Trinajstić information content (AvgIpc) is 3.45. The van der Waals surface area contributed by atoms with Gasteiger partial charge >= 0.3 is 0 Å². The maximum Gasteiger partial charge on any atom is 0.268 e. The number of rotatable bonds is 4. The van der Waals surface area contributed by atoms with Crippen molar-refractivity contribution in [2.45, 2.75) is 56.0 Å². The van der Waals surface area contributed by atoms with E-state index in [0.29, 0.717) is 10.6 Å². The largest absolute Gasteiger partial charge is 0.268 e. The summed E-state index contributed by atoms with van der Waals surface area (Å²) in [4.78, 5) is 0.305. The summed E-state index contributed by atoms with van der Waals surface area (Å²) in [6, 6.07) is 17.6. The van der Waals surface area contributed by atoms with Gasteiger partial charge in [-0.05, 0) is 37.8 Å². The summed E-state index contributed by atoms with van der Waals surface area (Å²) in [6.45, 7) is 1.97. The normalized spacial score (nSPS) is 19.6. The first-order valence-corrected chi connectivity index (χ1v) is 11.8. The highest BCUT2D eigenvalue weighted by molar-refractivity contribution is 7.93. The van der Waals surface area contributed by atoms with Gasteiger partial charge in [0.05, 0.1) is 11.7 Å². The minimum absolute atomic E-state index is 0.115. The van der Waals surface area contributed by atoms with Gasteiger partial charge in [-0.3, -0.25) is 8.99 Å². The summed E-state index contributed by atoms with van der Waals surface area (Å²) < 4.78 is 31.3. The first kappa shape index (κ1) is 18.4. The molecule has 150 valence electrons. The number of aromatic nitrogens is 2. The SMILES string of the molecule is CC1Cc2ccccc2N1S(=O)(=O)c1cn(C2CCCC2)nc1-c1ccccc1. The van der Waals surface area contributed by atoms with Crippen LogP contribution in [0.2, 0.25) is 0 Å². The highest BCUT2D eigenvalue weighted by Gasteiger charge is 2.39. The van der Waals surface area contributed by atoms with Gasteiger partial charge in [-0.25, -0.2) is 8.42 Å². The third-order valence-electron chi connectivity index (χ3n) is 6.13. The molecule has 5 nitrogen and oxygen atoms in total. The lowest BCUT2D eigenvalue weighted by atomic mass is 10.1. The molecule has 0 amide bonds. The summed E-state index contributed by atoms with van der Waals surface area (Å²) in [5.74, 6) is 0. The first-order chi connectivity index (χ1) is 14.1.